The second kappa shape index (κ2) is 5.27. The third-order valence-electron chi connectivity index (χ3n) is 5.63. The second-order valence-corrected chi connectivity index (χ2v) is 7.44. The van der Waals surface area contributed by atoms with Gasteiger partial charge in [0.1, 0.15) is 5.75 Å². The van der Waals surface area contributed by atoms with E-state index in [9.17, 15) is 14.4 Å². The van der Waals surface area contributed by atoms with E-state index in [0.717, 1.165) is 0 Å². The van der Waals surface area contributed by atoms with E-state index in [2.05, 4.69) is 0 Å². The SMILES string of the molecule is CCOc1ccc(C(C)=O)cc1N1C(=O)[C@@H]2[C@H](C1=O)[C@@]1(C)C=C[C@@]2(C)O1. The van der Waals surface area contributed by atoms with Crippen molar-refractivity contribution in [3.05, 3.63) is 35.9 Å². The normalized spacial score (nSPS) is 34.5. The summed E-state index contributed by atoms with van der Waals surface area (Å²) in [5.74, 6) is -1.48. The Morgan fingerprint density at radius 2 is 1.73 bits per heavy atom. The van der Waals surface area contributed by atoms with Crippen LogP contribution in [0.2, 0.25) is 0 Å². The quantitative estimate of drug-likeness (QED) is 0.471. The number of imide groups is 1. The standard InChI is InChI=1S/C20H21NO5/c1-5-25-14-7-6-12(11(2)22)10-13(14)21-17(23)15-16(18(21)24)20(4)9-8-19(15,3)26-20/h6-10,15-16H,5H2,1-4H3/t15-,16+,19-,20-/m1/s1. The molecule has 1 aromatic carbocycles. The molecule has 4 atom stereocenters. The first-order chi connectivity index (χ1) is 12.2. The summed E-state index contributed by atoms with van der Waals surface area (Å²) in [7, 11) is 0. The molecule has 2 amide bonds. The molecule has 6 nitrogen and oxygen atoms in total. The average Bonchev–Trinajstić information content (AvgIpc) is 3.12. The number of amides is 2. The lowest BCUT2D eigenvalue weighted by Gasteiger charge is -2.26. The van der Waals surface area contributed by atoms with Crippen molar-refractivity contribution in [3.8, 4) is 5.75 Å². The van der Waals surface area contributed by atoms with Crippen LogP contribution in [0.15, 0.2) is 30.4 Å². The summed E-state index contributed by atoms with van der Waals surface area (Å²) in [6.07, 6.45) is 3.75. The van der Waals surface area contributed by atoms with Crippen LogP contribution in [-0.2, 0) is 14.3 Å². The molecule has 2 bridgehead atoms. The molecule has 0 N–H and O–H groups in total. The Morgan fingerprint density at radius 3 is 2.23 bits per heavy atom. The number of hydrogen-bond donors (Lipinski definition) is 0. The highest BCUT2D eigenvalue weighted by Gasteiger charge is 2.70. The number of rotatable bonds is 4. The molecule has 0 aliphatic carbocycles. The fourth-order valence-corrected chi connectivity index (χ4v) is 4.46. The summed E-state index contributed by atoms with van der Waals surface area (Å²) < 4.78 is 11.6. The molecule has 4 rings (SSSR count). The number of carbonyl (C=O) groups is 3. The number of carbonyl (C=O) groups excluding carboxylic acids is 3. The van der Waals surface area contributed by atoms with E-state index in [4.69, 9.17) is 9.47 Å². The second-order valence-electron chi connectivity index (χ2n) is 7.44. The molecule has 1 aromatic rings. The molecule has 3 heterocycles. The minimum Gasteiger partial charge on any atom is -0.492 e. The molecule has 3 aliphatic rings. The van der Waals surface area contributed by atoms with Gasteiger partial charge in [0.05, 0.1) is 35.3 Å². The van der Waals surface area contributed by atoms with Gasteiger partial charge in [0.25, 0.3) is 0 Å². The molecule has 6 heteroatoms. The van der Waals surface area contributed by atoms with Gasteiger partial charge in [-0.1, -0.05) is 12.2 Å². The van der Waals surface area contributed by atoms with Gasteiger partial charge < -0.3 is 9.47 Å². The Balaban J connectivity index is 1.83. The molecular formula is C20H21NO5. The van der Waals surface area contributed by atoms with Crippen LogP contribution < -0.4 is 9.64 Å². The zero-order valence-corrected chi connectivity index (χ0v) is 15.2. The van der Waals surface area contributed by atoms with E-state index in [-0.39, 0.29) is 17.6 Å². The van der Waals surface area contributed by atoms with E-state index in [1.807, 2.05) is 32.9 Å². The first kappa shape index (κ1) is 17.0. The van der Waals surface area contributed by atoms with Crippen molar-refractivity contribution in [1.29, 1.82) is 0 Å². The first-order valence-electron chi connectivity index (χ1n) is 8.78. The molecule has 0 aromatic heterocycles. The van der Waals surface area contributed by atoms with Crippen molar-refractivity contribution in [2.75, 3.05) is 11.5 Å². The van der Waals surface area contributed by atoms with E-state index < -0.39 is 23.0 Å². The van der Waals surface area contributed by atoms with Crippen LogP contribution in [0.1, 0.15) is 38.1 Å². The minimum atomic E-state index is -0.787. The number of anilines is 1. The average molecular weight is 355 g/mol. The number of Topliss-reactive ketones (excluding diaryl/α,β-unsaturated/α-hetero) is 1. The maximum Gasteiger partial charge on any atom is 0.241 e. The molecule has 3 aliphatic heterocycles. The Kier molecular flexibility index (Phi) is 3.44. The van der Waals surface area contributed by atoms with Crippen LogP contribution in [0.25, 0.3) is 0 Å². The van der Waals surface area contributed by atoms with Gasteiger partial charge >= 0.3 is 0 Å². The summed E-state index contributed by atoms with van der Waals surface area (Å²) in [4.78, 5) is 39.4. The van der Waals surface area contributed by atoms with Crippen molar-refractivity contribution >= 4 is 23.3 Å². The van der Waals surface area contributed by atoms with Crippen LogP contribution in [0.4, 0.5) is 5.69 Å². The first-order valence-corrected chi connectivity index (χ1v) is 8.78. The molecule has 0 unspecified atom stereocenters. The predicted octanol–water partition coefficient (Wildman–Crippen LogP) is 2.51. The fourth-order valence-electron chi connectivity index (χ4n) is 4.46. The van der Waals surface area contributed by atoms with Gasteiger partial charge in [-0.3, -0.25) is 14.4 Å². The third kappa shape index (κ3) is 2.05. The monoisotopic (exact) mass is 355 g/mol. The lowest BCUT2D eigenvalue weighted by Crippen LogP contribution is -2.39. The van der Waals surface area contributed by atoms with Crippen molar-refractivity contribution in [2.45, 2.75) is 38.9 Å². The number of ether oxygens (including phenoxy) is 2. The van der Waals surface area contributed by atoms with Crippen LogP contribution in [0.3, 0.4) is 0 Å². The lowest BCUT2D eigenvalue weighted by atomic mass is 9.73. The molecule has 2 fully saturated rings. The summed E-state index contributed by atoms with van der Waals surface area (Å²) in [6, 6.07) is 4.84. The molecule has 0 saturated carbocycles. The van der Waals surface area contributed by atoms with Crippen LogP contribution in [-0.4, -0.2) is 35.4 Å². The minimum absolute atomic E-state index is 0.141. The predicted molar refractivity (Wildman–Crippen MR) is 94.1 cm³/mol. The zero-order chi connectivity index (χ0) is 18.9. The topological polar surface area (TPSA) is 72.9 Å². The third-order valence-corrected chi connectivity index (χ3v) is 5.63. The zero-order valence-electron chi connectivity index (χ0n) is 15.2. The van der Waals surface area contributed by atoms with Crippen molar-refractivity contribution in [1.82, 2.24) is 0 Å². The van der Waals surface area contributed by atoms with Crippen LogP contribution >= 0.6 is 0 Å². The van der Waals surface area contributed by atoms with Crippen molar-refractivity contribution in [3.63, 3.8) is 0 Å². The number of nitrogens with zero attached hydrogens (tertiary/aromatic N) is 1. The van der Waals surface area contributed by atoms with Crippen LogP contribution in [0.5, 0.6) is 5.75 Å². The van der Waals surface area contributed by atoms with Gasteiger partial charge in [-0.2, -0.15) is 0 Å². The number of ketones is 1. The molecule has 0 spiro atoms. The van der Waals surface area contributed by atoms with E-state index >= 15 is 0 Å². The summed E-state index contributed by atoms with van der Waals surface area (Å²) in [6.45, 7) is 7.33. The highest BCUT2D eigenvalue weighted by atomic mass is 16.5. The Morgan fingerprint density at radius 1 is 1.15 bits per heavy atom. The number of fused-ring (bicyclic) bond motifs is 5. The fraction of sp³-hybridized carbons (Fsp3) is 0.450. The summed E-state index contributed by atoms with van der Waals surface area (Å²) in [5, 5.41) is 0. The van der Waals surface area contributed by atoms with Gasteiger partial charge in [0.2, 0.25) is 11.8 Å². The van der Waals surface area contributed by atoms with E-state index in [1.54, 1.807) is 18.2 Å². The van der Waals surface area contributed by atoms with Gasteiger partial charge in [-0.25, -0.2) is 4.90 Å². The largest absolute Gasteiger partial charge is 0.492 e. The van der Waals surface area contributed by atoms with E-state index in [1.165, 1.54) is 11.8 Å². The van der Waals surface area contributed by atoms with Crippen molar-refractivity contribution < 1.29 is 23.9 Å². The van der Waals surface area contributed by atoms with E-state index in [0.29, 0.717) is 23.6 Å². The molecular weight excluding hydrogens is 334 g/mol. The summed E-state index contributed by atoms with van der Waals surface area (Å²) >= 11 is 0. The van der Waals surface area contributed by atoms with Crippen LogP contribution in [0, 0.1) is 11.8 Å². The highest BCUT2D eigenvalue weighted by Crippen LogP contribution is 2.58. The van der Waals surface area contributed by atoms with Gasteiger partial charge in [-0.15, -0.1) is 0 Å². The van der Waals surface area contributed by atoms with Gasteiger partial charge in [0.15, 0.2) is 5.78 Å². The lowest BCUT2D eigenvalue weighted by molar-refractivity contribution is -0.128. The van der Waals surface area contributed by atoms with Gasteiger partial charge in [-0.05, 0) is 45.9 Å². The number of benzene rings is 1. The highest BCUT2D eigenvalue weighted by molar-refractivity contribution is 6.24. The summed E-state index contributed by atoms with van der Waals surface area (Å²) in [5.41, 5.74) is -0.818. The maximum absolute atomic E-state index is 13.2. The molecule has 2 saturated heterocycles. The number of hydrogen-bond acceptors (Lipinski definition) is 5. The van der Waals surface area contributed by atoms with Gasteiger partial charge in [0, 0.05) is 5.56 Å². The molecule has 0 radical (unpaired) electrons. The van der Waals surface area contributed by atoms with Crippen molar-refractivity contribution in [2.24, 2.45) is 11.8 Å². The molecule has 26 heavy (non-hydrogen) atoms. The molecule has 136 valence electrons. The maximum atomic E-state index is 13.2. The Hall–Kier alpha value is -2.47. The Bertz CT molecular complexity index is 839. The smallest absolute Gasteiger partial charge is 0.241 e. The Labute approximate surface area is 151 Å².